The van der Waals surface area contributed by atoms with Crippen molar-refractivity contribution in [2.75, 3.05) is 33.7 Å². The van der Waals surface area contributed by atoms with Crippen LogP contribution in [-0.4, -0.2) is 158 Å². The van der Waals surface area contributed by atoms with Gasteiger partial charge in [0.15, 0.2) is 12.5 Å². The topological polar surface area (TPSA) is 291 Å². The van der Waals surface area contributed by atoms with Gasteiger partial charge in [0.2, 0.25) is 5.91 Å². The Morgan fingerprint density at radius 3 is 2.37 bits per heavy atom. The van der Waals surface area contributed by atoms with Crippen LogP contribution in [0, 0.1) is 0 Å². The molecule has 0 spiro atoms. The van der Waals surface area contributed by atoms with E-state index in [0.29, 0.717) is 0 Å². The summed E-state index contributed by atoms with van der Waals surface area (Å²) in [7, 11) is 2.66. The molecule has 19 heteroatoms. The first-order valence-corrected chi connectivity index (χ1v) is 13.5. The van der Waals surface area contributed by atoms with Gasteiger partial charge in [-0.1, -0.05) is 0 Å². The zero-order chi connectivity index (χ0) is 32.2. The van der Waals surface area contributed by atoms with E-state index >= 15 is 0 Å². The first-order chi connectivity index (χ1) is 20.3. The summed E-state index contributed by atoms with van der Waals surface area (Å²) in [5.41, 5.74) is 3.90. The van der Waals surface area contributed by atoms with Gasteiger partial charge < -0.3 is 61.2 Å². The van der Waals surface area contributed by atoms with Gasteiger partial charge in [0.05, 0.1) is 6.10 Å². The summed E-state index contributed by atoms with van der Waals surface area (Å²) in [4.78, 5) is 52.3. The number of carboxylic acids is 1. The molecule has 0 aromatic carbocycles. The Kier molecular flexibility index (Phi) is 11.9. The van der Waals surface area contributed by atoms with Crippen LogP contribution in [0.1, 0.15) is 13.2 Å². The van der Waals surface area contributed by atoms with Crippen molar-refractivity contribution in [1.82, 2.24) is 25.1 Å². The smallest absolute Gasteiger partial charge is 0.330 e. The highest BCUT2D eigenvalue weighted by Gasteiger charge is 2.54. The Bertz CT molecular complexity index is 1210. The maximum Gasteiger partial charge on any atom is 0.330 e. The molecule has 1 amide bonds. The molecule has 19 nitrogen and oxygen atoms in total. The van der Waals surface area contributed by atoms with Crippen molar-refractivity contribution in [2.45, 2.75) is 80.4 Å². The monoisotopic (exact) mass is 620 g/mol. The van der Waals surface area contributed by atoms with Crippen molar-refractivity contribution < 1.29 is 54.4 Å². The molecule has 0 radical (unpaired) electrons. The van der Waals surface area contributed by atoms with Gasteiger partial charge in [-0.25, -0.2) is 4.79 Å². The Morgan fingerprint density at radius 1 is 1.16 bits per heavy atom. The number of carbonyl (C=O) groups excluding carboxylic acids is 1. The average Bonchev–Trinajstić information content (AvgIpc) is 3.38. The van der Waals surface area contributed by atoms with Gasteiger partial charge in [-0.05, 0) is 21.0 Å². The first kappa shape index (κ1) is 34.7. The van der Waals surface area contributed by atoms with Crippen LogP contribution in [0.15, 0.2) is 21.9 Å². The fourth-order valence-electron chi connectivity index (χ4n) is 5.20. The molecule has 3 heterocycles. The lowest BCUT2D eigenvalue weighted by atomic mass is 9.96. The van der Waals surface area contributed by atoms with E-state index in [1.54, 1.807) is 6.92 Å². The Hall–Kier alpha value is -2.82. The SMILES string of the molecule is CCNC(=O)[C@H]([C@H](OC1O[C@H](CN)[C@@H](O)[C@H]1O)C1OC(n2ccc(=O)[nH]c2=O)[C@H](O)[C@@H]1O)N(C)C[C@H](O)C(NC)C(=O)O. The van der Waals surface area contributed by atoms with Crippen molar-refractivity contribution in [3.63, 3.8) is 0 Å². The third-order valence-corrected chi connectivity index (χ3v) is 7.41. The number of hydrogen-bond donors (Lipinski definition) is 10. The summed E-state index contributed by atoms with van der Waals surface area (Å²) < 4.78 is 18.2. The van der Waals surface area contributed by atoms with Gasteiger partial charge in [-0.15, -0.1) is 0 Å². The molecule has 12 atom stereocenters. The number of aromatic amines is 1. The molecule has 1 aromatic heterocycles. The van der Waals surface area contributed by atoms with Gasteiger partial charge >= 0.3 is 11.7 Å². The predicted molar refractivity (Wildman–Crippen MR) is 143 cm³/mol. The number of aromatic nitrogens is 2. The maximum absolute atomic E-state index is 13.5. The summed E-state index contributed by atoms with van der Waals surface area (Å²) in [5, 5.41) is 68.1. The molecule has 244 valence electrons. The van der Waals surface area contributed by atoms with Gasteiger partial charge in [-0.2, -0.15) is 0 Å². The van der Waals surface area contributed by atoms with Crippen LogP contribution in [0.4, 0.5) is 0 Å². The molecular formula is C24H40N6O13. The summed E-state index contributed by atoms with van der Waals surface area (Å²) in [5.74, 6) is -2.13. The van der Waals surface area contributed by atoms with E-state index in [1.807, 2.05) is 4.98 Å². The zero-order valence-electron chi connectivity index (χ0n) is 23.7. The molecule has 0 saturated carbocycles. The number of hydrogen-bond acceptors (Lipinski definition) is 15. The number of rotatable bonds is 14. The van der Waals surface area contributed by atoms with E-state index in [1.165, 1.54) is 19.0 Å². The minimum absolute atomic E-state index is 0.106. The van der Waals surface area contributed by atoms with Crippen molar-refractivity contribution in [3.05, 3.63) is 33.1 Å². The predicted octanol–water partition coefficient (Wildman–Crippen LogP) is -6.58. The lowest BCUT2D eigenvalue weighted by molar-refractivity contribution is -0.233. The highest BCUT2D eigenvalue weighted by Crippen LogP contribution is 2.35. The normalized spacial score (nSPS) is 32.0. The molecule has 0 bridgehead atoms. The number of H-pyrrole nitrogens is 1. The number of carboxylic acid groups (broad SMARTS) is 1. The third kappa shape index (κ3) is 7.46. The number of nitrogens with two attached hydrogens (primary N) is 1. The number of amides is 1. The molecule has 2 fully saturated rings. The van der Waals surface area contributed by atoms with Gasteiger partial charge in [-0.3, -0.25) is 28.8 Å². The number of ether oxygens (including phenoxy) is 3. The van der Waals surface area contributed by atoms with E-state index in [9.17, 15) is 49.8 Å². The van der Waals surface area contributed by atoms with Crippen molar-refractivity contribution in [2.24, 2.45) is 5.73 Å². The van der Waals surface area contributed by atoms with Crippen LogP contribution in [0.5, 0.6) is 0 Å². The van der Waals surface area contributed by atoms with Crippen LogP contribution in [-0.2, 0) is 23.8 Å². The standard InChI is InChI=1S/C24H40N6O13/c1-4-27-20(37)13(29(3)8-9(31)12(26-2)22(38)39)18(43-23-17(36)14(33)10(7-25)41-23)19-15(34)16(35)21(42-19)30-6-5-11(32)28-24(30)40/h5-6,9-10,12-19,21,23,26,31,33-36H,4,7-8,25H2,1-3H3,(H,27,37)(H,38,39)(H,28,32,40)/t9-,10+,12?,13-,14+,15-,16+,17+,18-,19?,21?,23?/m0/s1. The minimum Gasteiger partial charge on any atom is -0.480 e. The van der Waals surface area contributed by atoms with Gasteiger partial charge in [0, 0.05) is 31.9 Å². The quantitative estimate of drug-likeness (QED) is 0.0924. The molecular weight excluding hydrogens is 580 g/mol. The lowest BCUT2D eigenvalue weighted by Crippen LogP contribution is -2.62. The molecule has 2 aliphatic rings. The molecule has 2 saturated heterocycles. The summed E-state index contributed by atoms with van der Waals surface area (Å²) in [6, 6.07) is -1.98. The summed E-state index contributed by atoms with van der Waals surface area (Å²) >= 11 is 0. The van der Waals surface area contributed by atoms with E-state index in [0.717, 1.165) is 16.8 Å². The second-order valence-electron chi connectivity index (χ2n) is 10.3. The maximum atomic E-state index is 13.5. The van der Waals surface area contributed by atoms with Gasteiger partial charge in [0.1, 0.15) is 54.8 Å². The van der Waals surface area contributed by atoms with E-state index < -0.39 is 103 Å². The third-order valence-electron chi connectivity index (χ3n) is 7.41. The number of likely N-dealkylation sites (N-methyl/N-ethyl adjacent to an activating group) is 3. The van der Waals surface area contributed by atoms with E-state index in [2.05, 4.69) is 10.6 Å². The van der Waals surface area contributed by atoms with Crippen molar-refractivity contribution in [3.8, 4) is 0 Å². The molecule has 43 heavy (non-hydrogen) atoms. The van der Waals surface area contributed by atoms with Crippen LogP contribution in [0.3, 0.4) is 0 Å². The number of aliphatic hydroxyl groups is 5. The zero-order valence-corrected chi connectivity index (χ0v) is 23.7. The second kappa shape index (κ2) is 14.8. The lowest BCUT2D eigenvalue weighted by Gasteiger charge is -2.39. The number of aliphatic hydroxyl groups excluding tert-OH is 5. The Balaban J connectivity index is 2.06. The fourth-order valence-corrected chi connectivity index (χ4v) is 5.20. The van der Waals surface area contributed by atoms with Crippen molar-refractivity contribution >= 4 is 11.9 Å². The first-order valence-electron chi connectivity index (χ1n) is 13.5. The average molecular weight is 621 g/mol. The number of nitrogens with zero attached hydrogens (tertiary/aromatic N) is 2. The molecule has 2 aliphatic heterocycles. The van der Waals surface area contributed by atoms with Crippen molar-refractivity contribution in [1.29, 1.82) is 0 Å². The van der Waals surface area contributed by atoms with Crippen LogP contribution in [0.2, 0.25) is 0 Å². The number of nitrogens with one attached hydrogen (secondary N) is 3. The molecule has 0 aliphatic carbocycles. The highest BCUT2D eigenvalue weighted by atomic mass is 16.7. The molecule has 4 unspecified atom stereocenters. The summed E-state index contributed by atoms with van der Waals surface area (Å²) in [6.45, 7) is 1.05. The Labute approximate surface area is 244 Å². The van der Waals surface area contributed by atoms with Crippen LogP contribution in [0.25, 0.3) is 0 Å². The largest absolute Gasteiger partial charge is 0.480 e. The van der Waals surface area contributed by atoms with Crippen LogP contribution >= 0.6 is 0 Å². The highest BCUT2D eigenvalue weighted by molar-refractivity contribution is 5.82. The molecule has 1 aromatic rings. The number of aliphatic carboxylic acids is 1. The molecule has 11 N–H and O–H groups in total. The second-order valence-corrected chi connectivity index (χ2v) is 10.3. The fraction of sp³-hybridized carbons (Fsp3) is 0.750. The van der Waals surface area contributed by atoms with Gasteiger partial charge in [0.25, 0.3) is 5.56 Å². The van der Waals surface area contributed by atoms with E-state index in [4.69, 9.17) is 19.9 Å². The van der Waals surface area contributed by atoms with E-state index in [-0.39, 0.29) is 13.1 Å². The Morgan fingerprint density at radius 2 is 1.84 bits per heavy atom. The minimum atomic E-state index is -1.85. The van der Waals surface area contributed by atoms with Crippen LogP contribution < -0.4 is 27.6 Å². The number of carbonyl (C=O) groups is 2. The summed E-state index contributed by atoms with van der Waals surface area (Å²) in [6.07, 6.45) is -15.0. The molecule has 3 rings (SSSR count).